The Morgan fingerprint density at radius 3 is 2.53 bits per heavy atom. The van der Waals surface area contributed by atoms with Gasteiger partial charge in [-0.1, -0.05) is 54.1 Å². The molecule has 0 radical (unpaired) electrons. The number of hydrogen-bond acceptors (Lipinski definition) is 4. The number of hydrogen-bond donors (Lipinski definition) is 2. The average molecular weight is 423 g/mol. The molecule has 0 bridgehead atoms. The van der Waals surface area contributed by atoms with Gasteiger partial charge in [0.25, 0.3) is 0 Å². The highest BCUT2D eigenvalue weighted by molar-refractivity contribution is 6.31. The summed E-state index contributed by atoms with van der Waals surface area (Å²) in [7, 11) is 0. The fourth-order valence-electron chi connectivity index (χ4n) is 3.32. The summed E-state index contributed by atoms with van der Waals surface area (Å²) < 4.78 is 2.02. The monoisotopic (exact) mass is 422 g/mol. The molecule has 0 amide bonds. The summed E-state index contributed by atoms with van der Waals surface area (Å²) in [5, 5.41) is 12.8. The molecule has 4 rings (SSSR count). The van der Waals surface area contributed by atoms with Crippen LogP contribution < -0.4 is 11.2 Å². The van der Waals surface area contributed by atoms with Gasteiger partial charge in [-0.3, -0.25) is 19.9 Å². The highest BCUT2D eigenvalue weighted by Gasteiger charge is 2.19. The SMILES string of the molecule is O=c1[nH]c(/C=C\c2cn(Cc3ccccc3Cl)c3ccccc23)c([N+](=O)[O-])c(=O)[nH]1. The topological polar surface area (TPSA) is 114 Å². The molecule has 0 aliphatic heterocycles. The average Bonchev–Trinajstić information content (AvgIpc) is 3.05. The van der Waals surface area contributed by atoms with E-state index in [1.54, 1.807) is 6.08 Å². The van der Waals surface area contributed by atoms with Crippen molar-refractivity contribution in [2.75, 3.05) is 0 Å². The van der Waals surface area contributed by atoms with Gasteiger partial charge >= 0.3 is 16.9 Å². The molecule has 150 valence electrons. The van der Waals surface area contributed by atoms with Crippen LogP contribution in [0, 0.1) is 10.1 Å². The Kier molecular flexibility index (Phi) is 5.07. The molecule has 0 spiro atoms. The van der Waals surface area contributed by atoms with E-state index in [1.807, 2.05) is 64.3 Å². The Labute approximate surface area is 174 Å². The van der Waals surface area contributed by atoms with E-state index < -0.39 is 21.9 Å². The quantitative estimate of drug-likeness (QED) is 0.376. The summed E-state index contributed by atoms with van der Waals surface area (Å²) >= 11 is 6.29. The summed E-state index contributed by atoms with van der Waals surface area (Å²) in [6, 6.07) is 15.2. The van der Waals surface area contributed by atoms with Gasteiger partial charge < -0.3 is 9.55 Å². The second kappa shape index (κ2) is 7.84. The van der Waals surface area contributed by atoms with Gasteiger partial charge in [0.1, 0.15) is 5.69 Å². The lowest BCUT2D eigenvalue weighted by Gasteiger charge is -2.07. The zero-order chi connectivity index (χ0) is 21.3. The third-order valence-electron chi connectivity index (χ3n) is 4.68. The van der Waals surface area contributed by atoms with Gasteiger partial charge in [0.05, 0.1) is 4.92 Å². The molecule has 30 heavy (non-hydrogen) atoms. The molecule has 0 saturated heterocycles. The van der Waals surface area contributed by atoms with Crippen LogP contribution in [0.25, 0.3) is 23.1 Å². The molecule has 0 atom stereocenters. The van der Waals surface area contributed by atoms with Gasteiger partial charge in [-0.15, -0.1) is 0 Å². The zero-order valence-corrected chi connectivity index (χ0v) is 16.2. The van der Waals surface area contributed by atoms with E-state index in [0.717, 1.165) is 22.0 Å². The predicted octanol–water partition coefficient (Wildman–Crippen LogP) is 3.80. The van der Waals surface area contributed by atoms with E-state index in [-0.39, 0.29) is 5.69 Å². The largest absolute Gasteiger partial charge is 0.357 e. The maximum atomic E-state index is 11.8. The summed E-state index contributed by atoms with van der Waals surface area (Å²) in [6.45, 7) is 0.538. The van der Waals surface area contributed by atoms with Crippen LogP contribution in [0.1, 0.15) is 16.8 Å². The molecule has 0 unspecified atom stereocenters. The second-order valence-electron chi connectivity index (χ2n) is 6.58. The van der Waals surface area contributed by atoms with Crippen LogP contribution in [0.4, 0.5) is 5.69 Å². The minimum absolute atomic E-state index is 0.170. The fraction of sp³-hybridized carbons (Fsp3) is 0.0476. The molecular weight excluding hydrogens is 408 g/mol. The zero-order valence-electron chi connectivity index (χ0n) is 15.5. The molecule has 0 saturated carbocycles. The Bertz CT molecular complexity index is 1410. The van der Waals surface area contributed by atoms with Gasteiger partial charge in [0.15, 0.2) is 0 Å². The molecule has 2 aromatic heterocycles. The van der Waals surface area contributed by atoms with Crippen LogP contribution in [-0.2, 0) is 6.54 Å². The molecule has 2 aromatic carbocycles. The summed E-state index contributed by atoms with van der Waals surface area (Å²) in [4.78, 5) is 37.9. The minimum atomic E-state index is -1.05. The van der Waals surface area contributed by atoms with Gasteiger partial charge in [-0.2, -0.15) is 0 Å². The van der Waals surface area contributed by atoms with E-state index >= 15 is 0 Å². The number of nitrogens with zero attached hydrogens (tertiary/aromatic N) is 2. The van der Waals surface area contributed by atoms with Crippen molar-refractivity contribution in [2.24, 2.45) is 0 Å². The summed E-state index contributed by atoms with van der Waals surface area (Å²) in [5.74, 6) is 0. The fourth-order valence-corrected chi connectivity index (χ4v) is 3.52. The Balaban J connectivity index is 1.80. The van der Waals surface area contributed by atoms with Crippen LogP contribution in [0.15, 0.2) is 64.3 Å². The second-order valence-corrected chi connectivity index (χ2v) is 6.99. The smallest absolute Gasteiger partial charge is 0.342 e. The molecule has 9 heteroatoms. The number of benzene rings is 2. The Morgan fingerprint density at radius 1 is 1.03 bits per heavy atom. The molecular formula is C21H15ClN4O4. The third kappa shape index (κ3) is 3.68. The Hall–Kier alpha value is -3.91. The van der Waals surface area contributed by atoms with Crippen molar-refractivity contribution in [3.8, 4) is 0 Å². The number of halogens is 1. The van der Waals surface area contributed by atoms with Crippen LogP contribution >= 0.6 is 11.6 Å². The number of para-hydroxylation sites is 1. The molecule has 0 aliphatic rings. The van der Waals surface area contributed by atoms with Crippen LogP contribution in [0.2, 0.25) is 5.02 Å². The number of fused-ring (bicyclic) bond motifs is 1. The first kappa shape index (κ1) is 19.4. The van der Waals surface area contributed by atoms with Crippen molar-refractivity contribution >= 4 is 40.3 Å². The maximum Gasteiger partial charge on any atom is 0.357 e. The lowest BCUT2D eigenvalue weighted by molar-refractivity contribution is -0.386. The van der Waals surface area contributed by atoms with Crippen molar-refractivity contribution in [3.63, 3.8) is 0 Å². The summed E-state index contributed by atoms with van der Waals surface area (Å²) in [6.07, 6.45) is 4.88. The summed E-state index contributed by atoms with van der Waals surface area (Å²) in [5.41, 5.74) is -0.0812. The van der Waals surface area contributed by atoms with E-state index in [4.69, 9.17) is 11.6 Å². The number of nitro groups is 1. The lowest BCUT2D eigenvalue weighted by atomic mass is 10.1. The molecule has 8 nitrogen and oxygen atoms in total. The molecule has 2 N–H and O–H groups in total. The number of H-pyrrole nitrogens is 2. The molecule has 0 aliphatic carbocycles. The van der Waals surface area contributed by atoms with E-state index in [9.17, 15) is 19.7 Å². The van der Waals surface area contributed by atoms with E-state index in [2.05, 4.69) is 4.98 Å². The number of aromatic amines is 2. The number of aromatic nitrogens is 3. The van der Waals surface area contributed by atoms with Crippen LogP contribution in [-0.4, -0.2) is 19.5 Å². The highest BCUT2D eigenvalue weighted by atomic mass is 35.5. The van der Waals surface area contributed by atoms with Gasteiger partial charge in [-0.05, 0) is 23.8 Å². The van der Waals surface area contributed by atoms with Crippen LogP contribution in [0.5, 0.6) is 0 Å². The van der Waals surface area contributed by atoms with Gasteiger partial charge in [0, 0.05) is 34.2 Å². The predicted molar refractivity (Wildman–Crippen MR) is 116 cm³/mol. The Morgan fingerprint density at radius 2 is 1.77 bits per heavy atom. The minimum Gasteiger partial charge on any atom is -0.342 e. The van der Waals surface area contributed by atoms with Crippen LogP contribution in [0.3, 0.4) is 0 Å². The molecule has 0 fully saturated rings. The highest BCUT2D eigenvalue weighted by Crippen LogP contribution is 2.26. The normalized spacial score (nSPS) is 11.4. The van der Waals surface area contributed by atoms with Crippen molar-refractivity contribution in [2.45, 2.75) is 6.54 Å². The first-order valence-corrected chi connectivity index (χ1v) is 9.32. The van der Waals surface area contributed by atoms with Gasteiger partial charge in [0.2, 0.25) is 0 Å². The standard InChI is InChI=1S/C21H15ClN4O4/c22-16-7-3-1-5-14(16)12-25-11-13(15-6-2-4-8-18(15)25)9-10-17-19(26(29)30)20(27)24-21(28)23-17/h1-11H,12H2,(H2,23,24,27,28)/b10-9-. The van der Waals surface area contributed by atoms with Gasteiger partial charge in [-0.25, -0.2) is 4.79 Å². The van der Waals surface area contributed by atoms with Crippen molar-refractivity contribution in [1.82, 2.24) is 14.5 Å². The van der Waals surface area contributed by atoms with E-state index in [0.29, 0.717) is 11.6 Å². The number of rotatable bonds is 5. The third-order valence-corrected chi connectivity index (χ3v) is 5.04. The van der Waals surface area contributed by atoms with Crippen molar-refractivity contribution in [3.05, 3.63) is 108 Å². The molecule has 2 heterocycles. The van der Waals surface area contributed by atoms with E-state index in [1.165, 1.54) is 6.08 Å². The van der Waals surface area contributed by atoms with Crippen molar-refractivity contribution < 1.29 is 4.92 Å². The first-order valence-electron chi connectivity index (χ1n) is 8.94. The number of nitrogens with one attached hydrogen (secondary N) is 2. The lowest BCUT2D eigenvalue weighted by Crippen LogP contribution is -2.25. The van der Waals surface area contributed by atoms with Crippen molar-refractivity contribution in [1.29, 1.82) is 0 Å². The molecule has 4 aromatic rings. The maximum absolute atomic E-state index is 11.8. The first-order chi connectivity index (χ1) is 14.4.